The van der Waals surface area contributed by atoms with Gasteiger partial charge in [0, 0.05) is 49.7 Å². The number of hydrogen-bond donors (Lipinski definition) is 0. The van der Waals surface area contributed by atoms with Gasteiger partial charge in [-0.1, -0.05) is 13.3 Å². The summed E-state index contributed by atoms with van der Waals surface area (Å²) in [6, 6.07) is 11.4. The van der Waals surface area contributed by atoms with Gasteiger partial charge in [0.1, 0.15) is 11.0 Å². The molecule has 0 aliphatic carbocycles. The average molecular weight is 551 g/mol. The van der Waals surface area contributed by atoms with Crippen molar-refractivity contribution in [1.29, 1.82) is 0 Å². The fourth-order valence-electron chi connectivity index (χ4n) is 4.35. The lowest BCUT2D eigenvalue weighted by Gasteiger charge is -2.29. The van der Waals surface area contributed by atoms with Crippen molar-refractivity contribution in [2.24, 2.45) is 0 Å². The molecule has 0 radical (unpaired) electrons. The Kier molecular flexibility index (Phi) is 7.79. The van der Waals surface area contributed by atoms with E-state index in [2.05, 4.69) is 47.1 Å². The summed E-state index contributed by atoms with van der Waals surface area (Å²) in [6.45, 7) is 9.33. The van der Waals surface area contributed by atoms with Crippen molar-refractivity contribution >= 4 is 43.1 Å². The largest absolute Gasteiger partial charge is 1.00 e. The number of halogens is 1. The lowest BCUT2D eigenvalue weighted by atomic mass is 10.1. The predicted molar refractivity (Wildman–Crippen MR) is 126 cm³/mol. The van der Waals surface area contributed by atoms with Gasteiger partial charge >= 0.3 is 0 Å². The van der Waals surface area contributed by atoms with Gasteiger partial charge in [-0.2, -0.15) is 0 Å². The summed E-state index contributed by atoms with van der Waals surface area (Å²) in [4.78, 5) is 10.00. The third-order valence-corrected chi connectivity index (χ3v) is 7.16. The minimum Gasteiger partial charge on any atom is -1.00 e. The zero-order valence-corrected chi connectivity index (χ0v) is 21.1. The normalized spacial score (nSPS) is 17.2. The lowest BCUT2D eigenvalue weighted by molar-refractivity contribution is -0.00000747. The molecule has 0 atom stereocenters. The number of unbranched alkanes of at least 4 members (excludes halogenated alkanes) is 1. The first kappa shape index (κ1) is 22.9. The van der Waals surface area contributed by atoms with Crippen LogP contribution in [0.3, 0.4) is 0 Å². The monoisotopic (exact) mass is 551 g/mol. The van der Waals surface area contributed by atoms with Crippen LogP contribution in [0.2, 0.25) is 0 Å². The third-order valence-electron chi connectivity index (χ3n) is 6.09. The van der Waals surface area contributed by atoms with Gasteiger partial charge in [0.15, 0.2) is 0 Å². The molecule has 2 aliphatic rings. The molecule has 166 valence electrons. The second kappa shape index (κ2) is 10.6. The number of morpholine rings is 2. The van der Waals surface area contributed by atoms with Crippen LogP contribution in [0, 0.1) is 0 Å². The standard InChI is InChI=1S/C24H30N3O2S.HI/c1-2-3-4-18-15-20(27-9-13-29-14-10-27)17-23-24(18)25-21-6-5-19(16-22(21)30-23)26-7-11-28-12-8-26;/h5-6,15-17H,2-4,7-14H2,1H3;1H/q+1;/p-1. The Bertz CT molecular complexity index is 1040. The molecular weight excluding hydrogens is 521 g/mol. The maximum Gasteiger partial charge on any atom is 0.259 e. The highest BCUT2D eigenvalue weighted by molar-refractivity contribution is 7.24. The quantitative estimate of drug-likeness (QED) is 0.275. The van der Waals surface area contributed by atoms with E-state index in [4.69, 9.17) is 14.5 Å². The Labute approximate surface area is 205 Å². The van der Waals surface area contributed by atoms with Crippen molar-refractivity contribution in [3.63, 3.8) is 0 Å². The molecule has 5 rings (SSSR count). The molecule has 2 aliphatic heterocycles. The number of aryl methyl sites for hydroxylation is 1. The van der Waals surface area contributed by atoms with Gasteiger partial charge in [-0.05, 0) is 36.6 Å². The molecule has 3 heterocycles. The fourth-order valence-corrected chi connectivity index (χ4v) is 5.44. The number of hydrogen-bond acceptors (Lipinski definition) is 5. The molecule has 2 fully saturated rings. The third kappa shape index (κ3) is 5.05. The van der Waals surface area contributed by atoms with Gasteiger partial charge in [0.25, 0.3) is 9.40 Å². The highest BCUT2D eigenvalue weighted by Crippen LogP contribution is 2.34. The van der Waals surface area contributed by atoms with E-state index in [9.17, 15) is 0 Å². The van der Waals surface area contributed by atoms with Gasteiger partial charge in [-0.15, -0.1) is 0 Å². The van der Waals surface area contributed by atoms with Crippen molar-refractivity contribution in [2.45, 2.75) is 26.2 Å². The maximum absolute atomic E-state index is 5.57. The van der Waals surface area contributed by atoms with E-state index in [1.54, 1.807) is 0 Å². The van der Waals surface area contributed by atoms with Gasteiger partial charge in [0.05, 0.1) is 26.4 Å². The number of ether oxygens (including phenoxy) is 2. The Morgan fingerprint density at radius 3 is 2.19 bits per heavy atom. The van der Waals surface area contributed by atoms with Crippen LogP contribution in [0.25, 0.3) is 20.4 Å². The van der Waals surface area contributed by atoms with Crippen molar-refractivity contribution in [2.75, 3.05) is 62.4 Å². The highest BCUT2D eigenvalue weighted by Gasteiger charge is 2.21. The first-order valence-corrected chi connectivity index (χ1v) is 12.0. The van der Waals surface area contributed by atoms with E-state index in [1.807, 2.05) is 11.3 Å². The van der Waals surface area contributed by atoms with Crippen LogP contribution in [-0.2, 0) is 15.9 Å². The van der Waals surface area contributed by atoms with E-state index in [0.29, 0.717) is 0 Å². The second-order valence-corrected chi connectivity index (χ2v) is 9.20. The number of nitrogens with zero attached hydrogens (tertiary/aromatic N) is 3. The van der Waals surface area contributed by atoms with Crippen LogP contribution >= 0.6 is 11.3 Å². The number of anilines is 2. The molecule has 0 N–H and O–H groups in total. The van der Waals surface area contributed by atoms with Crippen LogP contribution in [0.5, 0.6) is 0 Å². The van der Waals surface area contributed by atoms with Crippen molar-refractivity contribution in [1.82, 2.24) is 4.98 Å². The SMILES string of the molecule is CCCCc1cc(N2CCOCC2)cc2[s+]c3cc(N4CCOCC4)ccc3nc12.[I-]. The number of fused-ring (bicyclic) bond motifs is 2. The Morgan fingerprint density at radius 1 is 0.871 bits per heavy atom. The van der Waals surface area contributed by atoms with Crippen molar-refractivity contribution in [3.05, 3.63) is 35.9 Å². The van der Waals surface area contributed by atoms with E-state index in [0.717, 1.165) is 64.5 Å². The molecule has 0 unspecified atom stereocenters. The molecule has 7 heteroatoms. The summed E-state index contributed by atoms with van der Waals surface area (Å²) in [5.74, 6) is 0. The smallest absolute Gasteiger partial charge is 0.259 e. The zero-order valence-electron chi connectivity index (χ0n) is 18.1. The van der Waals surface area contributed by atoms with E-state index in [1.165, 1.54) is 44.7 Å². The van der Waals surface area contributed by atoms with Crippen LogP contribution in [0.1, 0.15) is 25.3 Å². The summed E-state index contributed by atoms with van der Waals surface area (Å²) < 4.78 is 13.6. The van der Waals surface area contributed by atoms with Gasteiger partial charge in [-0.25, -0.2) is 4.98 Å². The minimum absolute atomic E-state index is 0. The summed E-state index contributed by atoms with van der Waals surface area (Å²) in [5, 5.41) is 0. The van der Waals surface area contributed by atoms with Gasteiger partial charge < -0.3 is 43.3 Å². The molecule has 0 saturated carbocycles. The minimum atomic E-state index is 0. The molecule has 0 bridgehead atoms. The van der Waals surface area contributed by atoms with Gasteiger partial charge in [-0.3, -0.25) is 0 Å². The summed E-state index contributed by atoms with van der Waals surface area (Å²) in [7, 11) is 0. The zero-order chi connectivity index (χ0) is 20.3. The molecule has 1 aromatic heterocycles. The second-order valence-electron chi connectivity index (χ2n) is 8.12. The molecule has 2 saturated heterocycles. The predicted octanol–water partition coefficient (Wildman–Crippen LogP) is 1.75. The highest BCUT2D eigenvalue weighted by atomic mass is 127. The summed E-state index contributed by atoms with van der Waals surface area (Å²) in [6.07, 6.45) is 3.48. The molecule has 31 heavy (non-hydrogen) atoms. The maximum atomic E-state index is 5.57. The Hall–Kier alpha value is -1.29. The number of rotatable bonds is 5. The first-order valence-electron chi connectivity index (χ1n) is 11.2. The molecule has 0 spiro atoms. The van der Waals surface area contributed by atoms with E-state index >= 15 is 0 Å². The van der Waals surface area contributed by atoms with Crippen molar-refractivity contribution in [3.8, 4) is 0 Å². The number of aromatic nitrogens is 1. The Morgan fingerprint density at radius 2 is 1.52 bits per heavy atom. The fraction of sp³-hybridized carbons (Fsp3) is 0.500. The number of benzene rings is 2. The topological polar surface area (TPSA) is 37.8 Å². The molecule has 0 amide bonds. The van der Waals surface area contributed by atoms with Crippen molar-refractivity contribution < 1.29 is 33.5 Å². The Balaban J connectivity index is 0.00000231. The van der Waals surface area contributed by atoms with E-state index < -0.39 is 0 Å². The van der Waals surface area contributed by atoms with Gasteiger partial charge in [0.2, 0.25) is 11.3 Å². The first-order chi connectivity index (χ1) is 14.8. The molecule has 2 aromatic carbocycles. The van der Waals surface area contributed by atoms with E-state index in [-0.39, 0.29) is 24.0 Å². The molecule has 3 aromatic rings. The lowest BCUT2D eigenvalue weighted by Crippen LogP contribution is -3.00. The summed E-state index contributed by atoms with van der Waals surface area (Å²) in [5.41, 5.74) is 6.25. The van der Waals surface area contributed by atoms with Crippen LogP contribution in [0.15, 0.2) is 30.3 Å². The van der Waals surface area contributed by atoms with Crippen LogP contribution in [0.4, 0.5) is 11.4 Å². The van der Waals surface area contributed by atoms with Crippen LogP contribution < -0.4 is 33.8 Å². The molecule has 5 nitrogen and oxygen atoms in total. The molecular formula is C24H30IN3O2S. The van der Waals surface area contributed by atoms with Crippen LogP contribution in [-0.4, -0.2) is 57.6 Å². The summed E-state index contributed by atoms with van der Waals surface area (Å²) >= 11 is 1.88. The average Bonchev–Trinajstić information content (AvgIpc) is 2.82.